The summed E-state index contributed by atoms with van der Waals surface area (Å²) in [6.07, 6.45) is -8.78. The average Bonchev–Trinajstić information content (AvgIpc) is 3.19. The first-order chi connectivity index (χ1) is 22.8. The minimum Gasteiger partial charge on any atom is -0.399 e. The van der Waals surface area contributed by atoms with E-state index in [-0.39, 0.29) is 16.7 Å². The van der Waals surface area contributed by atoms with Crippen molar-refractivity contribution in [3.8, 4) is 11.1 Å². The Morgan fingerprint density at radius 2 is 0.940 bits per heavy atom. The van der Waals surface area contributed by atoms with Crippen molar-refractivity contribution in [2.75, 3.05) is 0 Å². The van der Waals surface area contributed by atoms with Crippen LogP contribution in [-0.4, -0.2) is 18.3 Å². The van der Waals surface area contributed by atoms with Crippen LogP contribution < -0.4 is 5.46 Å². The average molecular weight is 714 g/mol. The number of rotatable bonds is 2. The number of benzene rings is 4. The number of halogens is 10. The summed E-state index contributed by atoms with van der Waals surface area (Å²) >= 11 is 0. The second-order valence-corrected chi connectivity index (χ2v) is 13.0. The van der Waals surface area contributed by atoms with Gasteiger partial charge in [-0.05, 0) is 143 Å². The van der Waals surface area contributed by atoms with Gasteiger partial charge in [0.25, 0.3) is 0 Å². The zero-order valence-electron chi connectivity index (χ0n) is 28.9. The van der Waals surface area contributed by atoms with Gasteiger partial charge in [-0.25, -0.2) is 17.6 Å². The molecule has 1 aliphatic rings. The zero-order valence-corrected chi connectivity index (χ0v) is 28.9. The molecule has 0 spiro atoms. The third-order valence-electron chi connectivity index (χ3n) is 8.84. The van der Waals surface area contributed by atoms with Crippen LogP contribution in [-0.2, 0) is 21.7 Å². The highest BCUT2D eigenvalue weighted by Gasteiger charge is 2.52. The van der Waals surface area contributed by atoms with E-state index in [9.17, 15) is 43.9 Å². The van der Waals surface area contributed by atoms with E-state index in [1.807, 2.05) is 27.7 Å². The van der Waals surface area contributed by atoms with E-state index < -0.39 is 65.1 Å². The van der Waals surface area contributed by atoms with Gasteiger partial charge in [-0.15, -0.1) is 0 Å². The highest BCUT2D eigenvalue weighted by Crippen LogP contribution is 2.41. The predicted molar refractivity (Wildman–Crippen MR) is 174 cm³/mol. The zero-order chi connectivity index (χ0) is 38.1. The Bertz CT molecular complexity index is 1830. The molecule has 1 aliphatic heterocycles. The van der Waals surface area contributed by atoms with E-state index in [4.69, 9.17) is 9.31 Å². The van der Waals surface area contributed by atoms with Crippen molar-refractivity contribution >= 4 is 12.6 Å². The van der Waals surface area contributed by atoms with Crippen molar-refractivity contribution in [2.45, 2.75) is 85.9 Å². The molecule has 2 nitrogen and oxygen atoms in total. The van der Waals surface area contributed by atoms with Gasteiger partial charge in [0.2, 0.25) is 0 Å². The van der Waals surface area contributed by atoms with E-state index >= 15 is 0 Å². The largest absolute Gasteiger partial charge is 0.495 e. The maximum absolute atomic E-state index is 13.3. The SMILES string of the molecule is Cc1cc(F)c(F)cc1-c1c(C)cccc1C(F)(F)F.Cc1cc(F)c(F)cc1B1OC(C)(C)C(C)(C)O1.Cc1cccc(C(F)(F)F)c1C. The minimum atomic E-state index is -4.56. The van der Waals surface area contributed by atoms with E-state index in [2.05, 4.69) is 0 Å². The molecule has 0 saturated carbocycles. The number of alkyl halides is 6. The Labute approximate surface area is 285 Å². The van der Waals surface area contributed by atoms with Gasteiger partial charge in [-0.1, -0.05) is 24.3 Å². The number of hydrogen-bond acceptors (Lipinski definition) is 2. The second kappa shape index (κ2) is 14.8. The van der Waals surface area contributed by atoms with Crippen molar-refractivity contribution in [1.29, 1.82) is 0 Å². The third-order valence-corrected chi connectivity index (χ3v) is 8.84. The monoisotopic (exact) mass is 714 g/mol. The molecular formula is C37H37BF10O2. The van der Waals surface area contributed by atoms with Crippen LogP contribution in [0.25, 0.3) is 11.1 Å². The van der Waals surface area contributed by atoms with Crippen LogP contribution in [0.5, 0.6) is 0 Å². The maximum Gasteiger partial charge on any atom is 0.495 e. The first-order valence-electron chi connectivity index (χ1n) is 15.4. The summed E-state index contributed by atoms with van der Waals surface area (Å²) < 4.78 is 140. The molecule has 0 N–H and O–H groups in total. The molecular weight excluding hydrogens is 677 g/mol. The second-order valence-electron chi connectivity index (χ2n) is 13.0. The third kappa shape index (κ3) is 9.09. The molecule has 1 saturated heterocycles. The predicted octanol–water partition coefficient (Wildman–Crippen LogP) is 11.2. The number of hydrogen-bond donors (Lipinski definition) is 0. The van der Waals surface area contributed by atoms with E-state index in [1.165, 1.54) is 39.0 Å². The van der Waals surface area contributed by atoms with Crippen LogP contribution in [0.2, 0.25) is 0 Å². The summed E-state index contributed by atoms with van der Waals surface area (Å²) in [5.74, 6) is -3.98. The highest BCUT2D eigenvalue weighted by molar-refractivity contribution is 6.62. The van der Waals surface area contributed by atoms with Gasteiger partial charge in [0.1, 0.15) is 0 Å². The molecule has 270 valence electrons. The molecule has 5 rings (SSSR count). The highest BCUT2D eigenvalue weighted by atomic mass is 19.4. The summed E-state index contributed by atoms with van der Waals surface area (Å²) in [4.78, 5) is 0. The van der Waals surface area contributed by atoms with Crippen LogP contribution in [0.4, 0.5) is 43.9 Å². The molecule has 0 bridgehead atoms. The van der Waals surface area contributed by atoms with Gasteiger partial charge in [0.15, 0.2) is 23.3 Å². The lowest BCUT2D eigenvalue weighted by atomic mass is 9.76. The normalized spacial score (nSPS) is 15.2. The fourth-order valence-corrected chi connectivity index (χ4v) is 5.12. The first kappa shape index (κ1) is 40.6. The van der Waals surface area contributed by atoms with Crippen molar-refractivity contribution < 1.29 is 53.2 Å². The van der Waals surface area contributed by atoms with Crippen LogP contribution in [0.15, 0.2) is 60.7 Å². The lowest BCUT2D eigenvalue weighted by molar-refractivity contribution is -0.138. The molecule has 0 atom stereocenters. The number of aryl methyl sites for hydroxylation is 4. The van der Waals surface area contributed by atoms with E-state index in [0.29, 0.717) is 27.7 Å². The van der Waals surface area contributed by atoms with E-state index in [1.54, 1.807) is 19.9 Å². The Kier molecular flexibility index (Phi) is 12.0. The molecule has 0 aromatic heterocycles. The van der Waals surface area contributed by atoms with Crippen LogP contribution in [0, 0.1) is 57.9 Å². The van der Waals surface area contributed by atoms with Crippen molar-refractivity contribution in [1.82, 2.24) is 0 Å². The smallest absolute Gasteiger partial charge is 0.399 e. The van der Waals surface area contributed by atoms with Crippen molar-refractivity contribution in [3.05, 3.63) is 123 Å². The van der Waals surface area contributed by atoms with Gasteiger partial charge >= 0.3 is 19.5 Å². The molecule has 50 heavy (non-hydrogen) atoms. The quantitative estimate of drug-likeness (QED) is 0.152. The first-order valence-corrected chi connectivity index (χ1v) is 15.4. The molecule has 0 radical (unpaired) electrons. The van der Waals surface area contributed by atoms with Gasteiger partial charge in [0, 0.05) is 0 Å². The Morgan fingerprint density at radius 1 is 0.520 bits per heavy atom. The Morgan fingerprint density at radius 3 is 1.42 bits per heavy atom. The molecule has 0 aliphatic carbocycles. The van der Waals surface area contributed by atoms with E-state index in [0.717, 1.165) is 36.4 Å². The van der Waals surface area contributed by atoms with Crippen molar-refractivity contribution in [2.24, 2.45) is 0 Å². The van der Waals surface area contributed by atoms with Crippen LogP contribution in [0.1, 0.15) is 66.6 Å². The summed E-state index contributed by atoms with van der Waals surface area (Å²) in [5.41, 5.74) is 0.302. The molecule has 1 heterocycles. The maximum atomic E-state index is 13.3. The molecule has 1 fully saturated rings. The molecule has 4 aromatic rings. The van der Waals surface area contributed by atoms with Gasteiger partial charge < -0.3 is 9.31 Å². The fourth-order valence-electron chi connectivity index (χ4n) is 5.12. The Hall–Kier alpha value is -3.84. The summed E-state index contributed by atoms with van der Waals surface area (Å²) in [6, 6.07) is 11.9. The summed E-state index contributed by atoms with van der Waals surface area (Å²) in [6.45, 7) is 15.5. The summed E-state index contributed by atoms with van der Waals surface area (Å²) in [5, 5.41) is 0. The molecule has 13 heteroatoms. The molecule has 0 amide bonds. The van der Waals surface area contributed by atoms with Crippen molar-refractivity contribution in [3.63, 3.8) is 0 Å². The molecule has 0 unspecified atom stereocenters. The Balaban J connectivity index is 0.000000209. The minimum absolute atomic E-state index is 0.0503. The van der Waals surface area contributed by atoms with Gasteiger partial charge in [-0.2, -0.15) is 26.3 Å². The van der Waals surface area contributed by atoms with Gasteiger partial charge in [0.05, 0.1) is 22.3 Å². The van der Waals surface area contributed by atoms with Crippen LogP contribution >= 0.6 is 0 Å². The lowest BCUT2D eigenvalue weighted by Gasteiger charge is -2.32. The molecule has 4 aromatic carbocycles. The lowest BCUT2D eigenvalue weighted by Crippen LogP contribution is -2.41. The summed E-state index contributed by atoms with van der Waals surface area (Å²) in [7, 11) is -0.662. The van der Waals surface area contributed by atoms with Gasteiger partial charge in [-0.3, -0.25) is 0 Å². The fraction of sp³-hybridized carbons (Fsp3) is 0.351. The standard InChI is InChI=1S/C15H11F5.C13H17BF2O2.C9H9F3/c1-8-4-3-5-11(15(18,19)20)14(8)10-7-13(17)12(16)6-9(10)2;1-8-6-10(15)11(16)7-9(8)14-17-12(2,3)13(4,5)18-14;1-6-4-3-5-8(7(6)2)9(10,11)12/h3-7H,1-2H3;6-7H,1-5H3;3-5H,1-2H3. The topological polar surface area (TPSA) is 18.5 Å². The van der Waals surface area contributed by atoms with Crippen LogP contribution in [0.3, 0.4) is 0 Å².